The van der Waals surface area contributed by atoms with Gasteiger partial charge in [-0.25, -0.2) is 0 Å². The predicted octanol–water partition coefficient (Wildman–Crippen LogP) is 4.44. The van der Waals surface area contributed by atoms with Crippen molar-refractivity contribution in [2.45, 2.75) is 19.2 Å². The molecule has 21 heavy (non-hydrogen) atoms. The standard InChI is InChI=1S/C15H13BrF3NO/c1-8-6-9(15(17,18)19)2-4-11(8)14(21)12-7-10(16)3-5-13(12)20/h2-7,14,21H,20H2,1H3. The van der Waals surface area contributed by atoms with Crippen LogP contribution in [0.5, 0.6) is 0 Å². The fraction of sp³-hybridized carbons (Fsp3) is 0.200. The third kappa shape index (κ3) is 3.39. The Morgan fingerprint density at radius 1 is 1.10 bits per heavy atom. The minimum absolute atomic E-state index is 0.358. The van der Waals surface area contributed by atoms with Gasteiger partial charge in [0.05, 0.1) is 5.56 Å². The van der Waals surface area contributed by atoms with Crippen molar-refractivity contribution in [1.82, 2.24) is 0 Å². The fourth-order valence-corrected chi connectivity index (χ4v) is 2.49. The van der Waals surface area contributed by atoms with Crippen LogP contribution in [-0.4, -0.2) is 5.11 Å². The first-order valence-electron chi connectivity index (χ1n) is 6.11. The van der Waals surface area contributed by atoms with Gasteiger partial charge in [-0.2, -0.15) is 13.2 Å². The van der Waals surface area contributed by atoms with Crippen LogP contribution in [0.25, 0.3) is 0 Å². The lowest BCUT2D eigenvalue weighted by atomic mass is 9.95. The van der Waals surface area contributed by atoms with Gasteiger partial charge in [-0.15, -0.1) is 0 Å². The van der Waals surface area contributed by atoms with E-state index in [-0.39, 0.29) is 0 Å². The number of halogens is 4. The summed E-state index contributed by atoms with van der Waals surface area (Å²) in [7, 11) is 0. The van der Waals surface area contributed by atoms with Crippen LogP contribution in [0.4, 0.5) is 18.9 Å². The summed E-state index contributed by atoms with van der Waals surface area (Å²) in [4.78, 5) is 0. The highest BCUT2D eigenvalue weighted by Crippen LogP contribution is 2.34. The van der Waals surface area contributed by atoms with Gasteiger partial charge in [0.25, 0.3) is 0 Å². The number of nitrogens with two attached hydrogens (primary N) is 1. The van der Waals surface area contributed by atoms with Gasteiger partial charge in [0.15, 0.2) is 0 Å². The Morgan fingerprint density at radius 2 is 1.76 bits per heavy atom. The molecule has 0 aliphatic rings. The number of hydrogen-bond acceptors (Lipinski definition) is 2. The number of benzene rings is 2. The third-order valence-electron chi connectivity index (χ3n) is 3.24. The molecule has 2 rings (SSSR count). The van der Waals surface area contributed by atoms with E-state index >= 15 is 0 Å². The van der Waals surface area contributed by atoms with Gasteiger partial charge >= 0.3 is 6.18 Å². The first-order chi connectivity index (χ1) is 9.70. The summed E-state index contributed by atoms with van der Waals surface area (Å²) in [5, 5.41) is 10.4. The molecule has 0 aromatic heterocycles. The molecule has 0 aliphatic carbocycles. The number of aliphatic hydroxyl groups is 1. The number of aryl methyl sites for hydroxylation is 1. The van der Waals surface area contributed by atoms with E-state index in [9.17, 15) is 18.3 Å². The van der Waals surface area contributed by atoms with E-state index < -0.39 is 17.8 Å². The van der Waals surface area contributed by atoms with Crippen LogP contribution < -0.4 is 5.73 Å². The smallest absolute Gasteiger partial charge is 0.398 e. The van der Waals surface area contributed by atoms with Crippen molar-refractivity contribution >= 4 is 21.6 Å². The first-order valence-corrected chi connectivity index (χ1v) is 6.90. The Labute approximate surface area is 128 Å². The maximum Gasteiger partial charge on any atom is 0.416 e. The summed E-state index contributed by atoms with van der Waals surface area (Å²) in [6, 6.07) is 8.26. The van der Waals surface area contributed by atoms with Crippen molar-refractivity contribution in [2.75, 3.05) is 5.73 Å². The molecule has 0 spiro atoms. The molecule has 0 aliphatic heterocycles. The van der Waals surface area contributed by atoms with Crippen molar-refractivity contribution in [2.24, 2.45) is 0 Å². The quantitative estimate of drug-likeness (QED) is 0.778. The number of nitrogen functional groups attached to an aromatic ring is 1. The van der Waals surface area contributed by atoms with Crippen molar-refractivity contribution in [3.63, 3.8) is 0 Å². The molecule has 0 saturated carbocycles. The van der Waals surface area contributed by atoms with E-state index in [4.69, 9.17) is 5.73 Å². The first kappa shape index (κ1) is 15.9. The molecule has 112 valence electrons. The lowest BCUT2D eigenvalue weighted by Crippen LogP contribution is -2.09. The molecule has 2 aromatic rings. The van der Waals surface area contributed by atoms with Crippen LogP contribution in [0.1, 0.15) is 28.4 Å². The van der Waals surface area contributed by atoms with Crippen molar-refractivity contribution in [1.29, 1.82) is 0 Å². The second-order valence-corrected chi connectivity index (χ2v) is 5.66. The molecular formula is C15H13BrF3NO. The Morgan fingerprint density at radius 3 is 2.33 bits per heavy atom. The normalized spacial score (nSPS) is 13.2. The zero-order chi connectivity index (χ0) is 15.8. The summed E-state index contributed by atoms with van der Waals surface area (Å²) < 4.78 is 38.7. The molecule has 0 amide bonds. The van der Waals surface area contributed by atoms with Gasteiger partial charge in [-0.3, -0.25) is 0 Å². The molecule has 0 bridgehead atoms. The van der Waals surface area contributed by atoms with Gasteiger partial charge in [-0.05, 0) is 48.4 Å². The van der Waals surface area contributed by atoms with Crippen LogP contribution in [0, 0.1) is 6.92 Å². The van der Waals surface area contributed by atoms with Crippen molar-refractivity contribution in [3.8, 4) is 0 Å². The molecule has 1 unspecified atom stereocenters. The SMILES string of the molecule is Cc1cc(C(F)(F)F)ccc1C(O)c1cc(Br)ccc1N. The van der Waals surface area contributed by atoms with Crippen LogP contribution in [0.3, 0.4) is 0 Å². The van der Waals surface area contributed by atoms with E-state index in [1.807, 2.05) is 0 Å². The summed E-state index contributed by atoms with van der Waals surface area (Å²) >= 11 is 3.28. The van der Waals surface area contributed by atoms with Crippen molar-refractivity contribution in [3.05, 3.63) is 63.1 Å². The molecule has 3 N–H and O–H groups in total. The Hall–Kier alpha value is -1.53. The molecule has 0 radical (unpaired) electrons. The summed E-state index contributed by atoms with van der Waals surface area (Å²) in [5.74, 6) is 0. The highest BCUT2D eigenvalue weighted by atomic mass is 79.9. The minimum Gasteiger partial charge on any atom is -0.398 e. The molecule has 1 atom stereocenters. The van der Waals surface area contributed by atoms with E-state index in [1.54, 1.807) is 18.2 Å². The van der Waals surface area contributed by atoms with Crippen molar-refractivity contribution < 1.29 is 18.3 Å². The monoisotopic (exact) mass is 359 g/mol. The number of alkyl halides is 3. The second-order valence-electron chi connectivity index (χ2n) is 4.74. The highest BCUT2D eigenvalue weighted by molar-refractivity contribution is 9.10. The lowest BCUT2D eigenvalue weighted by molar-refractivity contribution is -0.137. The number of anilines is 1. The van der Waals surface area contributed by atoms with Crippen LogP contribution in [0.2, 0.25) is 0 Å². The molecule has 0 heterocycles. The maximum absolute atomic E-state index is 12.7. The molecule has 0 fully saturated rings. The Kier molecular flexibility index (Phi) is 4.30. The van der Waals surface area contributed by atoms with Crippen LogP contribution >= 0.6 is 15.9 Å². The third-order valence-corrected chi connectivity index (χ3v) is 3.73. The topological polar surface area (TPSA) is 46.2 Å². The second kappa shape index (κ2) is 5.69. The van der Waals surface area contributed by atoms with Gasteiger partial charge in [-0.1, -0.05) is 22.0 Å². The average Bonchev–Trinajstić information content (AvgIpc) is 2.39. The van der Waals surface area contributed by atoms with E-state index in [0.29, 0.717) is 22.4 Å². The van der Waals surface area contributed by atoms with Gasteiger partial charge < -0.3 is 10.8 Å². The van der Waals surface area contributed by atoms with Crippen LogP contribution in [-0.2, 0) is 6.18 Å². The lowest BCUT2D eigenvalue weighted by Gasteiger charge is -2.18. The molecule has 2 aromatic carbocycles. The molecule has 0 saturated heterocycles. The number of aliphatic hydroxyl groups excluding tert-OH is 1. The summed E-state index contributed by atoms with van der Waals surface area (Å²) in [6.45, 7) is 1.53. The molecular weight excluding hydrogens is 347 g/mol. The maximum atomic E-state index is 12.7. The predicted molar refractivity (Wildman–Crippen MR) is 78.8 cm³/mol. The Balaban J connectivity index is 2.44. The average molecular weight is 360 g/mol. The molecule has 2 nitrogen and oxygen atoms in total. The van der Waals surface area contributed by atoms with E-state index in [2.05, 4.69) is 15.9 Å². The van der Waals surface area contributed by atoms with E-state index in [0.717, 1.165) is 16.6 Å². The fourth-order valence-electron chi connectivity index (χ4n) is 2.11. The Bertz CT molecular complexity index is 670. The largest absolute Gasteiger partial charge is 0.416 e. The summed E-state index contributed by atoms with van der Waals surface area (Å²) in [5.41, 5.74) is 6.66. The zero-order valence-corrected chi connectivity index (χ0v) is 12.7. The van der Waals surface area contributed by atoms with Gasteiger partial charge in [0, 0.05) is 15.7 Å². The number of rotatable bonds is 2. The zero-order valence-electron chi connectivity index (χ0n) is 11.1. The van der Waals surface area contributed by atoms with Gasteiger partial charge in [0.1, 0.15) is 6.10 Å². The summed E-state index contributed by atoms with van der Waals surface area (Å²) in [6.07, 6.45) is -5.48. The highest BCUT2D eigenvalue weighted by Gasteiger charge is 2.31. The molecule has 6 heteroatoms. The van der Waals surface area contributed by atoms with Crippen LogP contribution in [0.15, 0.2) is 40.9 Å². The van der Waals surface area contributed by atoms with E-state index in [1.165, 1.54) is 13.0 Å². The van der Waals surface area contributed by atoms with Gasteiger partial charge in [0.2, 0.25) is 0 Å². The number of hydrogen-bond donors (Lipinski definition) is 2. The minimum atomic E-state index is -4.40.